The van der Waals surface area contributed by atoms with Gasteiger partial charge in [0.25, 0.3) is 0 Å². The van der Waals surface area contributed by atoms with Crippen LogP contribution in [0.4, 0.5) is 38.4 Å². The van der Waals surface area contributed by atoms with Crippen LogP contribution in [0.2, 0.25) is 0 Å². The van der Waals surface area contributed by atoms with E-state index in [9.17, 15) is 0 Å². The molecule has 16 N–H and O–H groups in total. The molecular formula is C8H16O24. The van der Waals surface area contributed by atoms with Crippen LogP contribution in [0.5, 0.6) is 0 Å². The molecule has 0 aromatic carbocycles. The molecular weight excluding hydrogens is 480 g/mol. The molecule has 0 atom stereocenters. The largest absolute Gasteiger partial charge is 0.503 e. The Balaban J connectivity index is -0.0000000343. The van der Waals surface area contributed by atoms with Crippen LogP contribution < -0.4 is 0 Å². The second kappa shape index (κ2) is 44.5. The Morgan fingerprint density at radius 3 is 0.188 bits per heavy atom. The van der Waals surface area contributed by atoms with Gasteiger partial charge in [0.05, 0.1) is 0 Å². The van der Waals surface area contributed by atoms with Gasteiger partial charge in [0, 0.05) is 0 Å². The summed E-state index contributed by atoms with van der Waals surface area (Å²) in [7, 11) is 0. The van der Waals surface area contributed by atoms with Gasteiger partial charge in [0.15, 0.2) is 0 Å². The van der Waals surface area contributed by atoms with Crippen LogP contribution in [0.25, 0.3) is 0 Å². The molecule has 0 spiro atoms. The first-order chi connectivity index (χ1) is 13.9. The van der Waals surface area contributed by atoms with E-state index in [2.05, 4.69) is 0 Å². The first-order valence-electron chi connectivity index (χ1n) is 5.21. The van der Waals surface area contributed by atoms with Crippen molar-refractivity contribution in [1.82, 2.24) is 0 Å². The Kier molecular flexibility index (Phi) is 69.9. The van der Waals surface area contributed by atoms with Crippen LogP contribution >= 0.6 is 0 Å². The average Bonchev–Trinajstić information content (AvgIpc) is 2.30. The molecule has 0 heterocycles. The Morgan fingerprint density at radius 1 is 0.188 bits per heavy atom. The smallest absolute Gasteiger partial charge is 0.450 e. The molecule has 0 aromatic heterocycles. The van der Waals surface area contributed by atoms with E-state index >= 15 is 0 Å². The summed E-state index contributed by atoms with van der Waals surface area (Å²) in [6.45, 7) is 0. The van der Waals surface area contributed by atoms with Crippen molar-refractivity contribution in [3.05, 3.63) is 0 Å². The first kappa shape index (κ1) is 50.2. The van der Waals surface area contributed by atoms with Crippen molar-refractivity contribution in [2.75, 3.05) is 0 Å². The zero-order valence-corrected chi connectivity index (χ0v) is 14.4. The summed E-state index contributed by atoms with van der Waals surface area (Å²) in [5.41, 5.74) is 0. The maximum absolute atomic E-state index is 8.56. The lowest BCUT2D eigenvalue weighted by Crippen LogP contribution is -1.81. The van der Waals surface area contributed by atoms with E-state index in [4.69, 9.17) is 120 Å². The van der Waals surface area contributed by atoms with Gasteiger partial charge >= 0.3 is 49.2 Å². The molecule has 32 heavy (non-hydrogen) atoms. The normalized spacial score (nSPS) is 6.00. The zero-order chi connectivity index (χ0) is 28.6. The number of hydrogen-bond acceptors (Lipinski definition) is 8. The average molecular weight is 496 g/mol. The lowest BCUT2D eigenvalue weighted by molar-refractivity contribution is 0.135. The standard InChI is InChI=1S/8CH2O3/c8*2-1(3)4/h8*(H2,2,3,4). The first-order valence-corrected chi connectivity index (χ1v) is 5.21. The molecule has 0 amide bonds. The lowest BCUT2D eigenvalue weighted by atomic mass is 11.5. The molecule has 0 rings (SSSR count). The van der Waals surface area contributed by atoms with E-state index in [-0.39, 0.29) is 0 Å². The van der Waals surface area contributed by atoms with E-state index in [0.29, 0.717) is 0 Å². The van der Waals surface area contributed by atoms with Crippen LogP contribution in [0.15, 0.2) is 0 Å². The van der Waals surface area contributed by atoms with Gasteiger partial charge in [-0.1, -0.05) is 0 Å². The molecule has 0 saturated heterocycles. The van der Waals surface area contributed by atoms with Gasteiger partial charge < -0.3 is 81.7 Å². The quantitative estimate of drug-likeness (QED) is 0.227. The molecule has 0 radical (unpaired) electrons. The minimum atomic E-state index is -1.83. The fourth-order valence-corrected chi connectivity index (χ4v) is 0. The maximum atomic E-state index is 8.56. The highest BCUT2D eigenvalue weighted by Crippen LogP contribution is 1.45. The molecule has 0 unspecified atom stereocenters. The predicted molar refractivity (Wildman–Crippen MR) is 85.2 cm³/mol. The Hall–Kier alpha value is -5.84. The van der Waals surface area contributed by atoms with Crippen molar-refractivity contribution < 1.29 is 120 Å². The second-order valence-corrected chi connectivity index (χ2v) is 2.26. The van der Waals surface area contributed by atoms with Crippen molar-refractivity contribution in [3.63, 3.8) is 0 Å². The fourth-order valence-electron chi connectivity index (χ4n) is 0. The molecule has 24 nitrogen and oxygen atoms in total. The summed E-state index contributed by atoms with van der Waals surface area (Å²) >= 11 is 0. The summed E-state index contributed by atoms with van der Waals surface area (Å²) in [6.07, 6.45) is -14.7. The highest BCUT2D eigenvalue weighted by Gasteiger charge is 1.72. The van der Waals surface area contributed by atoms with E-state index in [1.807, 2.05) is 0 Å². The molecule has 0 aliphatic rings. The monoisotopic (exact) mass is 496 g/mol. The van der Waals surface area contributed by atoms with Gasteiger partial charge in [-0.15, -0.1) is 0 Å². The van der Waals surface area contributed by atoms with Gasteiger partial charge in [-0.2, -0.15) is 0 Å². The van der Waals surface area contributed by atoms with E-state index in [1.165, 1.54) is 0 Å². The number of carboxylic acid groups (broad SMARTS) is 16. The van der Waals surface area contributed by atoms with Crippen molar-refractivity contribution in [1.29, 1.82) is 0 Å². The molecule has 0 bridgehead atoms. The van der Waals surface area contributed by atoms with Gasteiger partial charge in [0.2, 0.25) is 0 Å². The van der Waals surface area contributed by atoms with E-state index in [0.717, 1.165) is 0 Å². The second-order valence-electron chi connectivity index (χ2n) is 2.26. The van der Waals surface area contributed by atoms with E-state index < -0.39 is 49.2 Å². The minimum Gasteiger partial charge on any atom is -0.450 e. The molecule has 192 valence electrons. The minimum absolute atomic E-state index is 1.83. The van der Waals surface area contributed by atoms with Crippen molar-refractivity contribution >= 4 is 49.2 Å². The predicted octanol–water partition coefficient (Wildman–Crippen LogP) is 1.78. The highest BCUT2D eigenvalue weighted by atomic mass is 16.6. The summed E-state index contributed by atoms with van der Waals surface area (Å²) in [6, 6.07) is 0. The molecule has 0 fully saturated rings. The molecule has 0 aliphatic carbocycles. The molecule has 24 heteroatoms. The third-order valence-electron chi connectivity index (χ3n) is 0. The number of carbonyl (C=O) groups is 8. The van der Waals surface area contributed by atoms with Crippen LogP contribution in [-0.4, -0.2) is 131 Å². The van der Waals surface area contributed by atoms with Crippen molar-refractivity contribution in [2.45, 2.75) is 0 Å². The summed E-state index contributed by atoms with van der Waals surface area (Å²) in [5, 5.41) is 112. The van der Waals surface area contributed by atoms with Crippen LogP contribution in [0.3, 0.4) is 0 Å². The maximum Gasteiger partial charge on any atom is 0.503 e. The Bertz CT molecular complexity index is 354. The van der Waals surface area contributed by atoms with Crippen molar-refractivity contribution in [2.24, 2.45) is 0 Å². The van der Waals surface area contributed by atoms with Gasteiger partial charge in [-0.3, -0.25) is 0 Å². The molecule has 0 aromatic rings. The van der Waals surface area contributed by atoms with Crippen LogP contribution in [0.1, 0.15) is 0 Å². The van der Waals surface area contributed by atoms with E-state index in [1.54, 1.807) is 0 Å². The Labute approximate surface area is 170 Å². The summed E-state index contributed by atoms with van der Waals surface area (Å²) < 4.78 is 0. The van der Waals surface area contributed by atoms with Crippen LogP contribution in [0, 0.1) is 0 Å². The van der Waals surface area contributed by atoms with Crippen molar-refractivity contribution in [3.8, 4) is 0 Å². The number of rotatable bonds is 0. The van der Waals surface area contributed by atoms with Gasteiger partial charge in [0.1, 0.15) is 0 Å². The number of hydrogen-bond donors (Lipinski definition) is 16. The fraction of sp³-hybridized carbons (Fsp3) is 0. The highest BCUT2D eigenvalue weighted by molar-refractivity contribution is 5.54. The zero-order valence-electron chi connectivity index (χ0n) is 14.4. The molecule has 0 saturated carbocycles. The third kappa shape index (κ3) is 380. The summed E-state index contributed by atoms with van der Waals surface area (Å²) in [4.78, 5) is 68.4. The lowest BCUT2D eigenvalue weighted by Gasteiger charge is -1.60. The van der Waals surface area contributed by atoms with Crippen LogP contribution in [-0.2, 0) is 0 Å². The Morgan fingerprint density at radius 2 is 0.188 bits per heavy atom. The third-order valence-corrected chi connectivity index (χ3v) is 0. The van der Waals surface area contributed by atoms with Gasteiger partial charge in [-0.05, 0) is 0 Å². The topological polar surface area (TPSA) is 460 Å². The summed E-state index contributed by atoms with van der Waals surface area (Å²) in [5.74, 6) is 0. The van der Waals surface area contributed by atoms with Gasteiger partial charge in [-0.25, -0.2) is 38.4 Å². The molecule has 0 aliphatic heterocycles. The SMILES string of the molecule is O=C(O)O.O=C(O)O.O=C(O)O.O=C(O)O.O=C(O)O.O=C(O)O.O=C(O)O.O=C(O)O.